The van der Waals surface area contributed by atoms with Gasteiger partial charge in [0.25, 0.3) is 5.69 Å². The Balaban J connectivity index is 0.000000175. The van der Waals surface area contributed by atoms with Crippen LogP contribution in [0.2, 0.25) is 0 Å². The molecule has 4 heterocycles. The van der Waals surface area contributed by atoms with E-state index in [9.17, 15) is 19.7 Å². The lowest BCUT2D eigenvalue weighted by Crippen LogP contribution is -1.97. The fourth-order valence-corrected chi connectivity index (χ4v) is 3.84. The summed E-state index contributed by atoms with van der Waals surface area (Å²) in [4.78, 5) is 41.2. The van der Waals surface area contributed by atoms with E-state index >= 15 is 0 Å². The highest BCUT2D eigenvalue weighted by Gasteiger charge is 2.18. The Morgan fingerprint density at radius 3 is 1.57 bits per heavy atom. The van der Waals surface area contributed by atoms with Crippen LogP contribution >= 0.6 is 0 Å². The number of nitrogens with zero attached hydrogens (tertiary/aromatic N) is 3. The summed E-state index contributed by atoms with van der Waals surface area (Å²) < 4.78 is 31.3. The number of ether oxygens (including phenoxy) is 4. The quantitative estimate of drug-likeness (QED) is 0.0931. The molecule has 0 aliphatic carbocycles. The van der Waals surface area contributed by atoms with Gasteiger partial charge in [-0.15, -0.1) is 0 Å². The van der Waals surface area contributed by atoms with Crippen molar-refractivity contribution in [1.82, 2.24) is 9.97 Å². The first kappa shape index (κ1) is 29.1. The summed E-state index contributed by atoms with van der Waals surface area (Å²) in [7, 11) is 2.53. The number of benzene rings is 2. The number of methoxy groups -OCH3 is 2. The van der Waals surface area contributed by atoms with Gasteiger partial charge < -0.3 is 33.5 Å². The number of furan rings is 2. The molecule has 222 valence electrons. The lowest BCUT2D eigenvalue weighted by atomic mass is 10.3. The van der Waals surface area contributed by atoms with Gasteiger partial charge in [-0.25, -0.2) is 19.6 Å². The van der Waals surface area contributed by atoms with Crippen LogP contribution in [0.25, 0.3) is 22.2 Å². The molecule has 0 aliphatic heterocycles. The van der Waals surface area contributed by atoms with Crippen LogP contribution in [-0.2, 0) is 9.47 Å². The number of aromatic nitrogens is 2. The molecular formula is C30H22N4O10. The molecule has 44 heavy (non-hydrogen) atoms. The highest BCUT2D eigenvalue weighted by Crippen LogP contribution is 2.33. The van der Waals surface area contributed by atoms with Crippen molar-refractivity contribution in [2.75, 3.05) is 20.0 Å². The van der Waals surface area contributed by atoms with Crippen molar-refractivity contribution in [2.45, 2.75) is 0 Å². The molecule has 6 aromatic rings. The van der Waals surface area contributed by atoms with Gasteiger partial charge in [-0.05, 0) is 36.4 Å². The van der Waals surface area contributed by atoms with Crippen molar-refractivity contribution in [3.8, 4) is 23.0 Å². The minimum Gasteiger partial charge on any atom is -0.463 e. The Morgan fingerprint density at radius 2 is 1.16 bits per heavy atom. The number of nitrogen functional groups attached to an aromatic ring is 1. The Hall–Kier alpha value is -6.44. The monoisotopic (exact) mass is 598 g/mol. The van der Waals surface area contributed by atoms with E-state index in [0.29, 0.717) is 45.2 Å². The highest BCUT2D eigenvalue weighted by molar-refractivity contribution is 5.94. The first-order chi connectivity index (χ1) is 21.2. The molecule has 6 rings (SSSR count). The van der Waals surface area contributed by atoms with Crippen molar-refractivity contribution < 1.29 is 42.3 Å². The molecule has 2 aromatic carbocycles. The van der Waals surface area contributed by atoms with Gasteiger partial charge in [0, 0.05) is 54.5 Å². The molecule has 0 atom stereocenters. The largest absolute Gasteiger partial charge is 0.463 e. The minimum absolute atomic E-state index is 0.00903. The number of hydrogen-bond donors (Lipinski definition) is 1. The molecule has 0 radical (unpaired) electrons. The lowest BCUT2D eigenvalue weighted by Gasteiger charge is -2.06. The molecular weight excluding hydrogens is 576 g/mol. The van der Waals surface area contributed by atoms with Crippen LogP contribution in [0.3, 0.4) is 0 Å². The Bertz CT molecular complexity index is 1960. The molecule has 14 heteroatoms. The molecule has 0 aliphatic rings. The number of fused-ring (bicyclic) bond motifs is 2. The minimum atomic E-state index is -0.621. The zero-order valence-corrected chi connectivity index (χ0v) is 23.1. The third-order valence-corrected chi connectivity index (χ3v) is 5.95. The second kappa shape index (κ2) is 12.6. The van der Waals surface area contributed by atoms with Crippen LogP contribution in [0.4, 0.5) is 11.4 Å². The van der Waals surface area contributed by atoms with E-state index < -0.39 is 16.9 Å². The van der Waals surface area contributed by atoms with Crippen molar-refractivity contribution in [2.24, 2.45) is 0 Å². The maximum atomic E-state index is 11.5. The Labute approximate surface area is 247 Å². The van der Waals surface area contributed by atoms with Crippen molar-refractivity contribution in [3.63, 3.8) is 0 Å². The van der Waals surface area contributed by atoms with E-state index in [4.69, 9.17) is 24.0 Å². The van der Waals surface area contributed by atoms with Gasteiger partial charge in [-0.1, -0.05) is 0 Å². The van der Waals surface area contributed by atoms with E-state index in [1.54, 1.807) is 48.7 Å². The highest BCUT2D eigenvalue weighted by atomic mass is 16.6. The maximum Gasteiger partial charge on any atom is 0.374 e. The number of carbonyl (C=O) groups excluding carboxylic acids is 2. The fourth-order valence-electron chi connectivity index (χ4n) is 3.84. The molecule has 14 nitrogen and oxygen atoms in total. The smallest absolute Gasteiger partial charge is 0.374 e. The van der Waals surface area contributed by atoms with E-state index in [2.05, 4.69) is 19.4 Å². The second-order valence-corrected chi connectivity index (χ2v) is 8.78. The van der Waals surface area contributed by atoms with E-state index in [-0.39, 0.29) is 22.9 Å². The first-order valence-corrected chi connectivity index (χ1v) is 12.6. The number of anilines is 1. The number of rotatable bonds is 7. The average molecular weight is 599 g/mol. The van der Waals surface area contributed by atoms with E-state index in [1.807, 2.05) is 0 Å². The van der Waals surface area contributed by atoms with Crippen LogP contribution in [0, 0.1) is 10.1 Å². The number of nitro groups is 1. The molecule has 0 saturated carbocycles. The number of nitrogens with two attached hydrogens (primary N) is 1. The van der Waals surface area contributed by atoms with Gasteiger partial charge in [0.1, 0.15) is 23.0 Å². The number of non-ortho nitro benzene ring substituents is 1. The van der Waals surface area contributed by atoms with Crippen molar-refractivity contribution in [1.29, 1.82) is 0 Å². The summed E-state index contributed by atoms with van der Waals surface area (Å²) in [6.45, 7) is 0. The van der Waals surface area contributed by atoms with Gasteiger partial charge in [0.05, 0.1) is 29.9 Å². The predicted octanol–water partition coefficient (Wildman–Crippen LogP) is 6.30. The molecule has 0 unspecified atom stereocenters. The molecule has 0 saturated heterocycles. The summed E-state index contributed by atoms with van der Waals surface area (Å²) in [6.07, 6.45) is 3.01. The topological polar surface area (TPSA) is 192 Å². The second-order valence-electron chi connectivity index (χ2n) is 8.78. The van der Waals surface area contributed by atoms with Crippen LogP contribution in [0.5, 0.6) is 23.0 Å². The maximum absolute atomic E-state index is 11.5. The van der Waals surface area contributed by atoms with Gasteiger partial charge in [-0.2, -0.15) is 0 Å². The fraction of sp³-hybridized carbons (Fsp3) is 0.0667. The normalized spacial score (nSPS) is 10.5. The number of pyridine rings is 2. The summed E-state index contributed by atoms with van der Waals surface area (Å²) in [5, 5.41) is 11.7. The molecule has 2 N–H and O–H groups in total. The SMILES string of the molecule is COC(=O)c1cc2c(Oc3ccc(N)cc3)ccnc2o1.COC(=O)c1cc2c(Oc3ccc([N+](=O)[O-])cc3)ccnc2o1. The van der Waals surface area contributed by atoms with Crippen LogP contribution in [0.15, 0.2) is 94.0 Å². The zero-order chi connectivity index (χ0) is 31.2. The summed E-state index contributed by atoms with van der Waals surface area (Å²) in [5.74, 6) is 0.867. The zero-order valence-electron chi connectivity index (χ0n) is 23.1. The number of esters is 2. The van der Waals surface area contributed by atoms with Gasteiger partial charge in [-0.3, -0.25) is 10.1 Å². The van der Waals surface area contributed by atoms with Crippen LogP contribution < -0.4 is 15.2 Å². The Kier molecular flexibility index (Phi) is 8.33. The number of nitro benzene ring substituents is 1. The summed E-state index contributed by atoms with van der Waals surface area (Å²) >= 11 is 0. The summed E-state index contributed by atoms with van der Waals surface area (Å²) in [5.41, 5.74) is 6.78. The molecule has 0 spiro atoms. The van der Waals surface area contributed by atoms with Crippen LogP contribution in [0.1, 0.15) is 21.1 Å². The van der Waals surface area contributed by atoms with Crippen LogP contribution in [-0.4, -0.2) is 41.0 Å². The van der Waals surface area contributed by atoms with Crippen molar-refractivity contribution >= 4 is 45.5 Å². The predicted molar refractivity (Wildman–Crippen MR) is 155 cm³/mol. The van der Waals surface area contributed by atoms with Gasteiger partial charge in [0.15, 0.2) is 0 Å². The van der Waals surface area contributed by atoms with E-state index in [1.165, 1.54) is 50.7 Å². The standard InChI is InChI=1S/C15H10N2O6.C15H12N2O4/c1-21-15(18)13-8-11-12(6-7-16-14(11)23-13)22-10-4-2-9(3-5-10)17(19)20;1-19-15(18)13-8-11-12(6-7-17-14(11)21-13)20-10-4-2-9(16)3-5-10/h2-8H,1H3;2-8H,16H2,1H3. The summed E-state index contributed by atoms with van der Waals surface area (Å²) in [6, 6.07) is 18.9. The first-order valence-electron chi connectivity index (χ1n) is 12.6. The average Bonchev–Trinajstić information content (AvgIpc) is 3.68. The van der Waals surface area contributed by atoms with Gasteiger partial charge in [0.2, 0.25) is 22.9 Å². The molecule has 0 amide bonds. The molecule has 0 fully saturated rings. The number of carbonyl (C=O) groups is 2. The number of hydrogen-bond acceptors (Lipinski definition) is 13. The van der Waals surface area contributed by atoms with Gasteiger partial charge >= 0.3 is 11.9 Å². The van der Waals surface area contributed by atoms with Crippen molar-refractivity contribution in [3.05, 3.63) is 107 Å². The van der Waals surface area contributed by atoms with E-state index in [0.717, 1.165) is 0 Å². The third kappa shape index (κ3) is 6.38. The lowest BCUT2D eigenvalue weighted by molar-refractivity contribution is -0.384. The third-order valence-electron chi connectivity index (χ3n) is 5.95. The molecule has 0 bridgehead atoms. The Morgan fingerprint density at radius 1 is 0.727 bits per heavy atom. The molecule has 4 aromatic heterocycles.